The molecule has 16 heavy (non-hydrogen) atoms. The fraction of sp³-hybridized carbons (Fsp3) is 0.800. The molecule has 0 bridgehead atoms. The van der Waals surface area contributed by atoms with E-state index in [0.29, 0.717) is 17.5 Å². The monoisotopic (exact) mass is 312 g/mol. The molecule has 0 spiro atoms. The number of carbonyl (C=O) groups excluding carboxylic acids is 1. The Bertz CT molecular complexity index is 248. The summed E-state index contributed by atoms with van der Waals surface area (Å²) in [5, 5.41) is 9.54. The molecule has 0 aliphatic rings. The quantitative estimate of drug-likeness (QED) is 0.425. The molecule has 1 N–H and O–H groups in total. The number of aliphatic imine (C=N–C) groups is 1. The number of aliphatic hydroxyl groups excluding tert-OH is 1. The van der Waals surface area contributed by atoms with Gasteiger partial charge < -0.3 is 0 Å². The van der Waals surface area contributed by atoms with Crippen molar-refractivity contribution in [1.29, 1.82) is 0 Å². The zero-order valence-corrected chi connectivity index (χ0v) is 12.3. The molecular weight excluding hydrogens is 293 g/mol. The van der Waals surface area contributed by atoms with Crippen LogP contribution in [0.4, 0.5) is 0 Å². The zero-order valence-electron chi connectivity index (χ0n) is 9.80. The Morgan fingerprint density at radius 2 is 2.25 bits per heavy atom. The molecule has 93 valence electrons. The van der Waals surface area contributed by atoms with Gasteiger partial charge in [0.2, 0.25) is 0 Å². The van der Waals surface area contributed by atoms with Crippen LogP contribution in [-0.2, 0) is 9.53 Å². The van der Waals surface area contributed by atoms with E-state index in [9.17, 15) is 9.90 Å². The number of ether oxygens (including phenoxy) is 1. The molecule has 6 heteroatoms. The maximum absolute atomic E-state index is 11.4. The van der Waals surface area contributed by atoms with Crippen LogP contribution < -0.4 is 0 Å². The minimum atomic E-state index is -0.624. The number of hydrogen-bond donors (Lipinski definition) is 1. The number of methoxy groups -OCH3 is 1. The van der Waals surface area contributed by atoms with Gasteiger partial charge in [0.25, 0.3) is 0 Å². The maximum atomic E-state index is 11.4. The number of carbonyl (C=O) groups is 1. The third-order valence-corrected chi connectivity index (χ3v) is 3.46. The molecule has 0 fully saturated rings. The van der Waals surface area contributed by atoms with Crippen LogP contribution in [-0.4, -0.2) is 63.0 Å². The molecule has 4 nitrogen and oxygen atoms in total. The molecule has 1 unspecified atom stereocenters. The average Bonchev–Trinajstić information content (AvgIpc) is 2.31. The summed E-state index contributed by atoms with van der Waals surface area (Å²) in [7, 11) is 1.35. The van der Waals surface area contributed by atoms with Gasteiger partial charge in [0.1, 0.15) is 0 Å². The van der Waals surface area contributed by atoms with Crippen LogP contribution in [0.25, 0.3) is 0 Å². The molecule has 0 aromatic heterocycles. The first-order valence-electron chi connectivity index (χ1n) is 5.06. The minimum absolute atomic E-state index is 0.356. The van der Waals surface area contributed by atoms with Crippen molar-refractivity contribution in [3.63, 3.8) is 0 Å². The van der Waals surface area contributed by atoms with E-state index >= 15 is 0 Å². The third-order valence-electron chi connectivity index (χ3n) is 2.02. The molecule has 0 rings (SSSR count). The molecule has 0 saturated heterocycles. The van der Waals surface area contributed by atoms with Crippen LogP contribution in [0, 0.1) is 0 Å². The SMILES string of the molecule is CCC(O)C([Se])=N[C@@H](CCSC)C(=O)OC. The predicted molar refractivity (Wildman–Crippen MR) is 68.3 cm³/mol. The van der Waals surface area contributed by atoms with Gasteiger partial charge in [-0.3, -0.25) is 0 Å². The van der Waals surface area contributed by atoms with Crippen molar-refractivity contribution >= 4 is 38.4 Å². The number of hydrogen-bond acceptors (Lipinski definition) is 5. The van der Waals surface area contributed by atoms with E-state index in [-0.39, 0.29) is 5.97 Å². The topological polar surface area (TPSA) is 58.9 Å². The van der Waals surface area contributed by atoms with Gasteiger partial charge in [-0.1, -0.05) is 0 Å². The summed E-state index contributed by atoms with van der Waals surface area (Å²) in [4.78, 5) is 15.6. The fourth-order valence-electron chi connectivity index (χ4n) is 1.01. The Hall–Kier alpha value is -0.0305. The van der Waals surface area contributed by atoms with E-state index in [0.717, 1.165) is 5.75 Å². The van der Waals surface area contributed by atoms with E-state index < -0.39 is 12.1 Å². The zero-order chi connectivity index (χ0) is 12.6. The van der Waals surface area contributed by atoms with Crippen LogP contribution in [0.15, 0.2) is 4.99 Å². The molecule has 0 aliphatic heterocycles. The van der Waals surface area contributed by atoms with Gasteiger partial charge in [0, 0.05) is 0 Å². The summed E-state index contributed by atoms with van der Waals surface area (Å²) in [5.74, 6) is 0.476. The van der Waals surface area contributed by atoms with Crippen LogP contribution in [0.3, 0.4) is 0 Å². The van der Waals surface area contributed by atoms with E-state index in [4.69, 9.17) is 0 Å². The number of nitrogens with zero attached hydrogens (tertiary/aromatic N) is 1. The molecule has 2 atom stereocenters. The van der Waals surface area contributed by atoms with Crippen molar-refractivity contribution in [2.45, 2.75) is 31.9 Å². The Balaban J connectivity index is 4.56. The van der Waals surface area contributed by atoms with Crippen LogP contribution >= 0.6 is 11.8 Å². The second-order valence-corrected chi connectivity index (χ2v) is 5.07. The van der Waals surface area contributed by atoms with Gasteiger partial charge in [-0.2, -0.15) is 0 Å². The summed E-state index contributed by atoms with van der Waals surface area (Å²) in [6.07, 6.45) is 2.54. The standard InChI is InChI=1S/C10H18NO3SSe/c1-4-8(12)9(16)11-7(5-6-15-3)10(13)14-2/h7-8,12H,4-6H2,1-3H3/t7-,8?/m0/s1. The summed E-state index contributed by atoms with van der Waals surface area (Å²) in [6, 6.07) is -0.519. The molecule has 0 saturated carbocycles. The third kappa shape index (κ3) is 5.89. The van der Waals surface area contributed by atoms with E-state index in [1.54, 1.807) is 11.8 Å². The van der Waals surface area contributed by atoms with Crippen molar-refractivity contribution in [3.8, 4) is 0 Å². The van der Waals surface area contributed by atoms with Crippen molar-refractivity contribution in [2.75, 3.05) is 19.1 Å². The molecule has 0 aromatic rings. The second-order valence-electron chi connectivity index (χ2n) is 3.21. The van der Waals surface area contributed by atoms with E-state index in [1.165, 1.54) is 7.11 Å². The van der Waals surface area contributed by atoms with Gasteiger partial charge in [0.05, 0.1) is 0 Å². The van der Waals surface area contributed by atoms with Gasteiger partial charge in [-0.25, -0.2) is 0 Å². The van der Waals surface area contributed by atoms with Gasteiger partial charge in [-0.15, -0.1) is 0 Å². The van der Waals surface area contributed by atoms with E-state index in [2.05, 4.69) is 25.7 Å². The van der Waals surface area contributed by atoms with Crippen molar-refractivity contribution in [1.82, 2.24) is 0 Å². The Morgan fingerprint density at radius 1 is 1.62 bits per heavy atom. The molecular formula is C10H18NO3SSe. The van der Waals surface area contributed by atoms with Crippen molar-refractivity contribution in [2.24, 2.45) is 4.99 Å². The molecule has 1 radical (unpaired) electrons. The first kappa shape index (κ1) is 16.0. The van der Waals surface area contributed by atoms with Gasteiger partial charge >= 0.3 is 109 Å². The number of aliphatic hydroxyl groups is 1. The number of thioether (sulfide) groups is 1. The summed E-state index contributed by atoms with van der Waals surface area (Å²) < 4.78 is 5.14. The Morgan fingerprint density at radius 3 is 2.69 bits per heavy atom. The van der Waals surface area contributed by atoms with Crippen LogP contribution in [0.2, 0.25) is 0 Å². The first-order chi connectivity index (χ1) is 7.56. The molecule has 0 amide bonds. The Kier molecular flexibility index (Phi) is 9.03. The summed E-state index contributed by atoms with van der Waals surface area (Å²) in [5.41, 5.74) is 0. The molecule has 0 heterocycles. The van der Waals surface area contributed by atoms with Crippen LogP contribution in [0.5, 0.6) is 0 Å². The fourth-order valence-corrected chi connectivity index (χ4v) is 2.09. The van der Waals surface area contributed by atoms with Gasteiger partial charge in [-0.05, 0) is 0 Å². The van der Waals surface area contributed by atoms with Gasteiger partial charge in [0.15, 0.2) is 0 Å². The predicted octanol–water partition coefficient (Wildman–Crippen LogP) is 0.619. The van der Waals surface area contributed by atoms with Crippen molar-refractivity contribution < 1.29 is 14.6 Å². The number of esters is 1. The summed E-state index contributed by atoms with van der Waals surface area (Å²) in [6.45, 7) is 1.85. The second kappa shape index (κ2) is 9.05. The Labute approximate surface area is 109 Å². The van der Waals surface area contributed by atoms with Crippen LogP contribution in [0.1, 0.15) is 19.8 Å². The first-order valence-corrected chi connectivity index (χ1v) is 7.31. The molecule has 0 aromatic carbocycles. The average molecular weight is 311 g/mol. The summed E-state index contributed by atoms with van der Waals surface area (Å²) >= 11 is 4.35. The normalized spacial score (nSPS) is 15.6. The number of rotatable bonds is 7. The van der Waals surface area contributed by atoms with E-state index in [1.807, 2.05) is 13.2 Å². The molecule has 0 aliphatic carbocycles. The van der Waals surface area contributed by atoms with Crippen molar-refractivity contribution in [3.05, 3.63) is 0 Å².